The summed E-state index contributed by atoms with van der Waals surface area (Å²) in [7, 11) is 0. The van der Waals surface area contributed by atoms with Crippen LogP contribution in [0.4, 0.5) is 11.5 Å². The van der Waals surface area contributed by atoms with Crippen molar-refractivity contribution < 1.29 is 9.59 Å². The summed E-state index contributed by atoms with van der Waals surface area (Å²) in [4.78, 5) is 34.2. The van der Waals surface area contributed by atoms with Crippen molar-refractivity contribution in [3.05, 3.63) is 87.5 Å². The van der Waals surface area contributed by atoms with Crippen molar-refractivity contribution in [2.75, 3.05) is 36.4 Å². The average Bonchev–Trinajstić information content (AvgIpc) is 2.80. The summed E-state index contributed by atoms with van der Waals surface area (Å²) >= 11 is 9.65. The molecule has 31 heavy (non-hydrogen) atoms. The van der Waals surface area contributed by atoms with E-state index in [0.29, 0.717) is 52.5 Å². The monoisotopic (exact) mass is 498 g/mol. The van der Waals surface area contributed by atoms with Gasteiger partial charge >= 0.3 is 0 Å². The molecule has 0 spiro atoms. The molecule has 0 unspecified atom stereocenters. The Hall–Kier alpha value is -2.90. The van der Waals surface area contributed by atoms with Crippen LogP contribution in [-0.4, -0.2) is 47.9 Å². The van der Waals surface area contributed by atoms with Gasteiger partial charge in [-0.05, 0) is 52.3 Å². The van der Waals surface area contributed by atoms with E-state index in [-0.39, 0.29) is 11.8 Å². The van der Waals surface area contributed by atoms with Crippen LogP contribution < -0.4 is 10.2 Å². The standard InChI is InChI=1S/C23H20BrClN4O2/c24-18-8-3-1-6-16(18)22(30)27-20-10-4-2-7-17(20)23(31)29-14-12-28(13-15-29)21-19(25)9-5-11-26-21/h1-11H,12-15H2,(H,27,30). The molecule has 1 aliphatic rings. The van der Waals surface area contributed by atoms with Crippen molar-refractivity contribution in [3.63, 3.8) is 0 Å². The molecule has 1 fully saturated rings. The third-order valence-corrected chi connectivity index (χ3v) is 6.12. The van der Waals surface area contributed by atoms with Crippen molar-refractivity contribution in [3.8, 4) is 0 Å². The van der Waals surface area contributed by atoms with Crippen LogP contribution in [0.1, 0.15) is 20.7 Å². The lowest BCUT2D eigenvalue weighted by atomic mass is 10.1. The molecule has 0 saturated carbocycles. The van der Waals surface area contributed by atoms with Gasteiger partial charge in [0.25, 0.3) is 11.8 Å². The van der Waals surface area contributed by atoms with Gasteiger partial charge in [0.1, 0.15) is 5.82 Å². The lowest BCUT2D eigenvalue weighted by Gasteiger charge is -2.36. The van der Waals surface area contributed by atoms with Gasteiger partial charge in [0.15, 0.2) is 0 Å². The lowest BCUT2D eigenvalue weighted by molar-refractivity contribution is 0.0747. The second kappa shape index (κ2) is 9.49. The summed E-state index contributed by atoms with van der Waals surface area (Å²) in [6, 6.07) is 17.9. The number of piperazine rings is 1. The van der Waals surface area contributed by atoms with Gasteiger partial charge in [-0.25, -0.2) is 4.98 Å². The zero-order valence-electron chi connectivity index (χ0n) is 16.6. The largest absolute Gasteiger partial charge is 0.352 e. The van der Waals surface area contributed by atoms with Gasteiger partial charge in [-0.15, -0.1) is 0 Å². The number of nitrogens with zero attached hydrogens (tertiary/aromatic N) is 3. The molecule has 4 rings (SSSR count). The van der Waals surface area contributed by atoms with Crippen LogP contribution in [0.25, 0.3) is 0 Å². The summed E-state index contributed by atoms with van der Waals surface area (Å²) in [5.41, 5.74) is 1.46. The number of carbonyl (C=O) groups excluding carboxylic acids is 2. The molecule has 1 saturated heterocycles. The number of halogens is 2. The maximum absolute atomic E-state index is 13.2. The molecular formula is C23H20BrClN4O2. The van der Waals surface area contributed by atoms with Crippen LogP contribution in [0.5, 0.6) is 0 Å². The Kier molecular flexibility index (Phi) is 6.53. The van der Waals surface area contributed by atoms with E-state index in [9.17, 15) is 9.59 Å². The molecule has 1 aliphatic heterocycles. The Bertz CT molecular complexity index is 1120. The highest BCUT2D eigenvalue weighted by molar-refractivity contribution is 9.10. The molecule has 0 atom stereocenters. The SMILES string of the molecule is O=C(Nc1ccccc1C(=O)N1CCN(c2ncccc2Cl)CC1)c1ccccc1Br. The fraction of sp³-hybridized carbons (Fsp3) is 0.174. The summed E-state index contributed by atoms with van der Waals surface area (Å²) in [6.07, 6.45) is 1.71. The van der Waals surface area contributed by atoms with E-state index in [1.165, 1.54) is 0 Å². The van der Waals surface area contributed by atoms with Crippen molar-refractivity contribution in [2.24, 2.45) is 0 Å². The highest BCUT2D eigenvalue weighted by Crippen LogP contribution is 2.25. The molecule has 3 aromatic rings. The molecule has 6 nitrogen and oxygen atoms in total. The molecule has 2 heterocycles. The Labute approximate surface area is 194 Å². The van der Waals surface area contributed by atoms with Crippen LogP contribution in [0, 0.1) is 0 Å². The Morgan fingerprint density at radius 2 is 1.58 bits per heavy atom. The maximum Gasteiger partial charge on any atom is 0.256 e. The van der Waals surface area contributed by atoms with Crippen LogP contribution >= 0.6 is 27.5 Å². The van der Waals surface area contributed by atoms with E-state index in [1.807, 2.05) is 12.1 Å². The number of amides is 2. The van der Waals surface area contributed by atoms with Gasteiger partial charge in [0, 0.05) is 36.8 Å². The van der Waals surface area contributed by atoms with Gasteiger partial charge in [-0.3, -0.25) is 9.59 Å². The number of para-hydroxylation sites is 1. The van der Waals surface area contributed by atoms with E-state index in [2.05, 4.69) is 31.1 Å². The first-order chi connectivity index (χ1) is 15.0. The molecule has 0 bridgehead atoms. The number of anilines is 2. The summed E-state index contributed by atoms with van der Waals surface area (Å²) in [5.74, 6) is 0.342. The van der Waals surface area contributed by atoms with Crippen molar-refractivity contribution in [1.29, 1.82) is 0 Å². The van der Waals surface area contributed by atoms with E-state index < -0.39 is 0 Å². The maximum atomic E-state index is 13.2. The molecule has 0 aliphatic carbocycles. The number of carbonyl (C=O) groups is 2. The molecule has 158 valence electrons. The third kappa shape index (κ3) is 4.73. The second-order valence-electron chi connectivity index (χ2n) is 7.07. The predicted molar refractivity (Wildman–Crippen MR) is 126 cm³/mol. The normalized spacial score (nSPS) is 13.7. The topological polar surface area (TPSA) is 65.5 Å². The third-order valence-electron chi connectivity index (χ3n) is 5.13. The quantitative estimate of drug-likeness (QED) is 0.564. The first-order valence-corrected chi connectivity index (χ1v) is 11.0. The number of hydrogen-bond donors (Lipinski definition) is 1. The van der Waals surface area contributed by atoms with Crippen molar-refractivity contribution >= 4 is 50.9 Å². The number of nitrogens with one attached hydrogen (secondary N) is 1. The zero-order chi connectivity index (χ0) is 21.8. The molecule has 1 N–H and O–H groups in total. The zero-order valence-corrected chi connectivity index (χ0v) is 18.9. The number of aromatic nitrogens is 1. The molecule has 0 radical (unpaired) electrons. The number of benzene rings is 2. The van der Waals surface area contributed by atoms with Crippen LogP contribution in [-0.2, 0) is 0 Å². The lowest BCUT2D eigenvalue weighted by Crippen LogP contribution is -2.49. The minimum atomic E-state index is -0.276. The second-order valence-corrected chi connectivity index (χ2v) is 8.33. The summed E-state index contributed by atoms with van der Waals surface area (Å²) in [5, 5.41) is 3.47. The Balaban J connectivity index is 1.47. The van der Waals surface area contributed by atoms with Gasteiger partial charge in [0.05, 0.1) is 21.8 Å². The van der Waals surface area contributed by atoms with E-state index in [1.54, 1.807) is 59.6 Å². The molecule has 2 amide bonds. The van der Waals surface area contributed by atoms with E-state index in [0.717, 1.165) is 5.82 Å². The molecule has 1 aromatic heterocycles. The van der Waals surface area contributed by atoms with Gasteiger partial charge in [0.2, 0.25) is 0 Å². The first-order valence-electron chi connectivity index (χ1n) is 9.84. The van der Waals surface area contributed by atoms with Crippen LogP contribution in [0.15, 0.2) is 71.3 Å². The summed E-state index contributed by atoms with van der Waals surface area (Å²) in [6.45, 7) is 2.35. The molecule has 8 heteroatoms. The molecule has 2 aromatic carbocycles. The minimum absolute atomic E-state index is 0.116. The van der Waals surface area contributed by atoms with Crippen molar-refractivity contribution in [1.82, 2.24) is 9.88 Å². The number of hydrogen-bond acceptors (Lipinski definition) is 4. The highest BCUT2D eigenvalue weighted by Gasteiger charge is 2.25. The number of rotatable bonds is 4. The van der Waals surface area contributed by atoms with Crippen molar-refractivity contribution in [2.45, 2.75) is 0 Å². The van der Waals surface area contributed by atoms with Gasteiger partial charge in [-0.2, -0.15) is 0 Å². The first kappa shape index (κ1) is 21.3. The Morgan fingerprint density at radius 3 is 2.29 bits per heavy atom. The molecular weight excluding hydrogens is 480 g/mol. The van der Waals surface area contributed by atoms with Gasteiger partial charge in [-0.1, -0.05) is 35.9 Å². The highest BCUT2D eigenvalue weighted by atomic mass is 79.9. The van der Waals surface area contributed by atoms with Crippen LogP contribution in [0.3, 0.4) is 0 Å². The van der Waals surface area contributed by atoms with Gasteiger partial charge < -0.3 is 15.1 Å². The predicted octanol–water partition coefficient (Wildman–Crippen LogP) is 4.71. The minimum Gasteiger partial charge on any atom is -0.352 e. The Morgan fingerprint density at radius 1 is 0.903 bits per heavy atom. The fourth-order valence-electron chi connectivity index (χ4n) is 3.52. The van der Waals surface area contributed by atoms with E-state index >= 15 is 0 Å². The number of pyridine rings is 1. The summed E-state index contributed by atoms with van der Waals surface area (Å²) < 4.78 is 0.695. The fourth-order valence-corrected chi connectivity index (χ4v) is 4.22. The van der Waals surface area contributed by atoms with E-state index in [4.69, 9.17) is 11.6 Å². The average molecular weight is 500 g/mol. The smallest absolute Gasteiger partial charge is 0.256 e. The van der Waals surface area contributed by atoms with Crippen LogP contribution in [0.2, 0.25) is 5.02 Å².